The van der Waals surface area contributed by atoms with E-state index in [2.05, 4.69) is 0 Å². The molecule has 2 rings (SSSR count). The summed E-state index contributed by atoms with van der Waals surface area (Å²) in [4.78, 5) is 25.6. The number of carbonyl (C=O) groups is 2. The van der Waals surface area contributed by atoms with E-state index in [4.69, 9.17) is 17.0 Å². The maximum absolute atomic E-state index is 12.6. The zero-order valence-electron chi connectivity index (χ0n) is 13.9. The molecule has 0 aromatic heterocycles. The second-order valence-electron chi connectivity index (χ2n) is 5.35. The normalized spacial score (nSPS) is 17.2. The van der Waals surface area contributed by atoms with E-state index < -0.39 is 17.9 Å². The van der Waals surface area contributed by atoms with Crippen LogP contribution in [-0.4, -0.2) is 44.0 Å². The van der Waals surface area contributed by atoms with Gasteiger partial charge in [-0.3, -0.25) is 9.69 Å². The fourth-order valence-electron chi connectivity index (χ4n) is 2.43. The standard InChI is InChI=1S/C17H19NO5S2/c1-3-5-11(16(21)22)18-15(20)14(25-17(18)24)9-10-6-7-12(19)13(8-10)23-4-2/h6-9,11,19H,3-5H2,1-2H3,(H,21,22)/b14-9+/t11-/m0/s1. The van der Waals surface area contributed by atoms with E-state index in [9.17, 15) is 19.8 Å². The highest BCUT2D eigenvalue weighted by Gasteiger charge is 2.39. The number of thioether (sulfide) groups is 1. The van der Waals surface area contributed by atoms with Gasteiger partial charge < -0.3 is 14.9 Å². The first-order valence-corrected chi connectivity index (χ1v) is 9.07. The number of amides is 1. The molecule has 0 aliphatic carbocycles. The summed E-state index contributed by atoms with van der Waals surface area (Å²) >= 11 is 6.28. The Morgan fingerprint density at radius 3 is 2.76 bits per heavy atom. The Balaban J connectivity index is 2.31. The molecule has 1 amide bonds. The molecule has 0 unspecified atom stereocenters. The number of thiocarbonyl (C=S) groups is 1. The van der Waals surface area contributed by atoms with Gasteiger partial charge in [0.2, 0.25) is 0 Å². The third-order valence-corrected chi connectivity index (χ3v) is 4.89. The lowest BCUT2D eigenvalue weighted by Gasteiger charge is -2.22. The number of phenols is 1. The summed E-state index contributed by atoms with van der Waals surface area (Å²) in [5.41, 5.74) is 0.657. The maximum Gasteiger partial charge on any atom is 0.326 e. The van der Waals surface area contributed by atoms with Crippen molar-refractivity contribution < 1.29 is 24.5 Å². The molecule has 134 valence electrons. The Labute approximate surface area is 155 Å². The molecule has 0 spiro atoms. The van der Waals surface area contributed by atoms with Crippen LogP contribution in [0.3, 0.4) is 0 Å². The minimum Gasteiger partial charge on any atom is -0.504 e. The molecule has 1 fully saturated rings. The minimum atomic E-state index is -1.07. The Bertz CT molecular complexity index is 732. The van der Waals surface area contributed by atoms with Crippen molar-refractivity contribution in [3.05, 3.63) is 28.7 Å². The van der Waals surface area contributed by atoms with E-state index in [-0.39, 0.29) is 10.1 Å². The van der Waals surface area contributed by atoms with Crippen molar-refractivity contribution in [2.24, 2.45) is 0 Å². The summed E-state index contributed by atoms with van der Waals surface area (Å²) in [5, 5.41) is 19.1. The molecule has 1 atom stereocenters. The van der Waals surface area contributed by atoms with E-state index in [1.807, 2.05) is 6.92 Å². The lowest BCUT2D eigenvalue weighted by molar-refractivity contribution is -0.145. The van der Waals surface area contributed by atoms with Gasteiger partial charge >= 0.3 is 5.97 Å². The van der Waals surface area contributed by atoms with Gasteiger partial charge in [-0.05, 0) is 37.1 Å². The molecule has 1 aliphatic heterocycles. The van der Waals surface area contributed by atoms with Crippen LogP contribution >= 0.6 is 24.0 Å². The van der Waals surface area contributed by atoms with Crippen LogP contribution in [0.4, 0.5) is 0 Å². The van der Waals surface area contributed by atoms with Gasteiger partial charge in [0.25, 0.3) is 5.91 Å². The minimum absolute atomic E-state index is 0.0143. The topological polar surface area (TPSA) is 87.1 Å². The van der Waals surface area contributed by atoms with Crippen LogP contribution in [0.2, 0.25) is 0 Å². The van der Waals surface area contributed by atoms with Crippen molar-refractivity contribution in [2.75, 3.05) is 6.61 Å². The highest BCUT2D eigenvalue weighted by atomic mass is 32.2. The van der Waals surface area contributed by atoms with Gasteiger partial charge in [-0.15, -0.1) is 0 Å². The third-order valence-electron chi connectivity index (χ3n) is 3.56. The SMILES string of the molecule is CCC[C@@H](C(=O)O)N1C(=O)/C(=C\c2ccc(O)c(OCC)c2)SC1=S. The number of ether oxygens (including phenoxy) is 1. The Hall–Kier alpha value is -2.06. The van der Waals surface area contributed by atoms with E-state index >= 15 is 0 Å². The van der Waals surface area contributed by atoms with Gasteiger partial charge in [0.15, 0.2) is 11.5 Å². The Kier molecular flexibility index (Phi) is 6.44. The van der Waals surface area contributed by atoms with Gasteiger partial charge in [0, 0.05) is 0 Å². The lowest BCUT2D eigenvalue weighted by Crippen LogP contribution is -2.43. The number of phenolic OH excluding ortho intramolecular Hbond substituents is 1. The van der Waals surface area contributed by atoms with Crippen LogP contribution in [0.5, 0.6) is 11.5 Å². The highest BCUT2D eigenvalue weighted by Crippen LogP contribution is 2.36. The van der Waals surface area contributed by atoms with Gasteiger partial charge in [-0.1, -0.05) is 43.4 Å². The number of benzene rings is 1. The predicted octanol–water partition coefficient (Wildman–Crippen LogP) is 3.25. The molecule has 0 saturated carbocycles. The average molecular weight is 381 g/mol. The smallest absolute Gasteiger partial charge is 0.326 e. The number of rotatable bonds is 7. The van der Waals surface area contributed by atoms with Gasteiger partial charge in [-0.25, -0.2) is 4.79 Å². The molecule has 0 bridgehead atoms. The van der Waals surface area contributed by atoms with Crippen molar-refractivity contribution in [2.45, 2.75) is 32.7 Å². The number of carbonyl (C=O) groups excluding carboxylic acids is 1. The average Bonchev–Trinajstić information content (AvgIpc) is 2.82. The third kappa shape index (κ3) is 4.32. The van der Waals surface area contributed by atoms with Crippen molar-refractivity contribution in [3.8, 4) is 11.5 Å². The first kappa shape index (κ1) is 19.3. The van der Waals surface area contributed by atoms with E-state index in [1.54, 1.807) is 25.1 Å². The molecule has 1 heterocycles. The van der Waals surface area contributed by atoms with Crippen LogP contribution < -0.4 is 4.74 Å². The van der Waals surface area contributed by atoms with Crippen LogP contribution in [0.1, 0.15) is 32.3 Å². The Morgan fingerprint density at radius 2 is 2.16 bits per heavy atom. The van der Waals surface area contributed by atoms with Crippen LogP contribution in [-0.2, 0) is 9.59 Å². The highest BCUT2D eigenvalue weighted by molar-refractivity contribution is 8.26. The van der Waals surface area contributed by atoms with Gasteiger partial charge in [0.1, 0.15) is 10.4 Å². The summed E-state index contributed by atoms with van der Waals surface area (Å²) in [6, 6.07) is 3.79. The molecule has 6 nitrogen and oxygen atoms in total. The monoisotopic (exact) mass is 381 g/mol. The number of hydrogen-bond donors (Lipinski definition) is 2. The van der Waals surface area contributed by atoms with E-state index in [0.717, 1.165) is 11.8 Å². The maximum atomic E-state index is 12.6. The molecular weight excluding hydrogens is 362 g/mol. The predicted molar refractivity (Wildman–Crippen MR) is 101 cm³/mol. The Morgan fingerprint density at radius 1 is 1.44 bits per heavy atom. The van der Waals surface area contributed by atoms with Crippen molar-refractivity contribution in [1.29, 1.82) is 0 Å². The number of aromatic hydroxyl groups is 1. The number of carboxylic acids is 1. The molecular formula is C17H19NO5S2. The van der Waals surface area contributed by atoms with Crippen molar-refractivity contribution in [3.63, 3.8) is 0 Å². The summed E-state index contributed by atoms with van der Waals surface area (Å²) in [5.74, 6) is -1.15. The molecule has 1 saturated heterocycles. The van der Waals surface area contributed by atoms with Crippen molar-refractivity contribution >= 4 is 46.3 Å². The summed E-state index contributed by atoms with van der Waals surface area (Å²) in [7, 11) is 0. The van der Waals surface area contributed by atoms with Crippen LogP contribution in [0.25, 0.3) is 6.08 Å². The largest absolute Gasteiger partial charge is 0.504 e. The molecule has 1 aromatic carbocycles. The molecule has 1 aromatic rings. The zero-order valence-corrected chi connectivity index (χ0v) is 15.5. The van der Waals surface area contributed by atoms with E-state index in [0.29, 0.717) is 35.7 Å². The number of nitrogens with zero attached hydrogens (tertiary/aromatic N) is 1. The molecule has 1 aliphatic rings. The van der Waals surface area contributed by atoms with Crippen molar-refractivity contribution in [1.82, 2.24) is 4.90 Å². The molecule has 0 radical (unpaired) electrons. The van der Waals surface area contributed by atoms with E-state index in [1.165, 1.54) is 11.0 Å². The van der Waals surface area contributed by atoms with Crippen LogP contribution in [0.15, 0.2) is 23.1 Å². The summed E-state index contributed by atoms with van der Waals surface area (Å²) < 4.78 is 5.56. The lowest BCUT2D eigenvalue weighted by atomic mass is 10.1. The second kappa shape index (κ2) is 8.35. The fourth-order valence-corrected chi connectivity index (χ4v) is 3.78. The molecule has 8 heteroatoms. The number of hydrogen-bond acceptors (Lipinski definition) is 6. The number of aliphatic carboxylic acids is 1. The van der Waals surface area contributed by atoms with Gasteiger partial charge in [0.05, 0.1) is 11.5 Å². The summed E-state index contributed by atoms with van der Waals surface area (Å²) in [6.45, 7) is 4.06. The second-order valence-corrected chi connectivity index (χ2v) is 7.03. The first-order valence-electron chi connectivity index (χ1n) is 7.84. The number of carboxylic acid groups (broad SMARTS) is 1. The molecule has 2 N–H and O–H groups in total. The summed E-state index contributed by atoms with van der Waals surface area (Å²) in [6.07, 6.45) is 2.58. The molecule has 25 heavy (non-hydrogen) atoms. The van der Waals surface area contributed by atoms with Gasteiger partial charge in [-0.2, -0.15) is 0 Å². The first-order chi connectivity index (χ1) is 11.9. The van der Waals surface area contributed by atoms with Crippen LogP contribution in [0, 0.1) is 0 Å². The zero-order chi connectivity index (χ0) is 18.6. The quantitative estimate of drug-likeness (QED) is 0.554. The fraction of sp³-hybridized carbons (Fsp3) is 0.353.